The van der Waals surface area contributed by atoms with Crippen LogP contribution in [-0.4, -0.2) is 20.2 Å². The highest BCUT2D eigenvalue weighted by Gasteiger charge is 2.15. The first-order valence-electron chi connectivity index (χ1n) is 4.85. The van der Waals surface area contributed by atoms with Crippen LogP contribution in [0.1, 0.15) is 6.92 Å². The van der Waals surface area contributed by atoms with E-state index in [0.717, 1.165) is 0 Å². The van der Waals surface area contributed by atoms with Gasteiger partial charge in [0.25, 0.3) is 5.75 Å². The van der Waals surface area contributed by atoms with Gasteiger partial charge in [-0.1, -0.05) is 12.6 Å². The summed E-state index contributed by atoms with van der Waals surface area (Å²) >= 11 is 0. The van der Waals surface area contributed by atoms with E-state index in [1.54, 1.807) is 18.2 Å². The van der Waals surface area contributed by atoms with Gasteiger partial charge in [-0.3, -0.25) is 4.89 Å². The lowest BCUT2D eigenvalue weighted by Crippen LogP contribution is -2.09. The molecule has 0 saturated heterocycles. The van der Waals surface area contributed by atoms with Gasteiger partial charge in [-0.25, -0.2) is 9.68 Å². The molecule has 0 spiro atoms. The van der Waals surface area contributed by atoms with Crippen LogP contribution >= 0.6 is 0 Å². The lowest BCUT2D eigenvalue weighted by atomic mass is 10.3. The van der Waals surface area contributed by atoms with Gasteiger partial charge in [0.2, 0.25) is 0 Å². The highest BCUT2D eigenvalue weighted by molar-refractivity contribution is 5.86. The van der Waals surface area contributed by atoms with Crippen LogP contribution in [-0.2, 0) is 9.68 Å². The van der Waals surface area contributed by atoms with E-state index in [4.69, 9.17) is 14.4 Å². The highest BCUT2D eigenvalue weighted by Crippen LogP contribution is 2.36. The molecule has 5 heteroatoms. The van der Waals surface area contributed by atoms with Crippen molar-refractivity contribution < 1.29 is 24.0 Å². The summed E-state index contributed by atoms with van der Waals surface area (Å²) in [5.41, 5.74) is 0.235. The predicted octanol–water partition coefficient (Wildman–Crippen LogP) is 2.12. The van der Waals surface area contributed by atoms with Gasteiger partial charge in [0, 0.05) is 5.57 Å². The van der Waals surface area contributed by atoms with Gasteiger partial charge in [-0.15, -0.1) is 0 Å². The van der Waals surface area contributed by atoms with Crippen LogP contribution in [0, 0.1) is 0 Å². The number of para-hydroxylation sites is 1. The summed E-state index contributed by atoms with van der Waals surface area (Å²) < 4.78 is 10.1. The van der Waals surface area contributed by atoms with Crippen molar-refractivity contribution in [2.45, 2.75) is 6.92 Å². The van der Waals surface area contributed by atoms with Crippen LogP contribution in [0.2, 0.25) is 0 Å². The normalized spacial score (nSPS) is 9.35. The second-order valence-electron chi connectivity index (χ2n) is 3.23. The monoisotopic (exact) mass is 238 g/mol. The molecular formula is C12H14O5. The molecule has 0 aliphatic carbocycles. The summed E-state index contributed by atoms with van der Waals surface area (Å²) in [4.78, 5) is 20.7. The van der Waals surface area contributed by atoms with Crippen molar-refractivity contribution in [3.05, 3.63) is 30.4 Å². The van der Waals surface area contributed by atoms with Crippen molar-refractivity contribution in [2.75, 3.05) is 14.2 Å². The molecule has 5 nitrogen and oxygen atoms in total. The lowest BCUT2D eigenvalue weighted by Gasteiger charge is -2.11. The molecule has 1 rings (SSSR count). The first-order chi connectivity index (χ1) is 8.10. The van der Waals surface area contributed by atoms with E-state index in [9.17, 15) is 4.79 Å². The molecule has 0 aliphatic heterocycles. The molecule has 0 N–H and O–H groups in total. The summed E-state index contributed by atoms with van der Waals surface area (Å²) in [5.74, 6) is 0.350. The van der Waals surface area contributed by atoms with Crippen molar-refractivity contribution >= 4 is 5.97 Å². The zero-order valence-electron chi connectivity index (χ0n) is 9.98. The quantitative estimate of drug-likeness (QED) is 0.447. The molecule has 0 radical (unpaired) electrons. The average molecular weight is 238 g/mol. The Labute approximate surface area is 99.5 Å². The minimum absolute atomic E-state index is 0.201. The fourth-order valence-electron chi connectivity index (χ4n) is 1.05. The van der Waals surface area contributed by atoms with Crippen molar-refractivity contribution in [3.8, 4) is 17.2 Å². The zero-order valence-corrected chi connectivity index (χ0v) is 9.98. The van der Waals surface area contributed by atoms with Crippen LogP contribution < -0.4 is 14.4 Å². The fourth-order valence-corrected chi connectivity index (χ4v) is 1.05. The zero-order chi connectivity index (χ0) is 12.8. The lowest BCUT2D eigenvalue weighted by molar-refractivity contribution is -0.209. The molecule has 0 heterocycles. The molecule has 0 fully saturated rings. The van der Waals surface area contributed by atoms with E-state index < -0.39 is 5.97 Å². The number of carbonyl (C=O) groups is 1. The molecule has 1 aromatic rings. The van der Waals surface area contributed by atoms with Gasteiger partial charge < -0.3 is 9.47 Å². The Kier molecular flexibility index (Phi) is 4.39. The van der Waals surface area contributed by atoms with E-state index in [-0.39, 0.29) is 11.3 Å². The number of hydrogen-bond acceptors (Lipinski definition) is 5. The predicted molar refractivity (Wildman–Crippen MR) is 61.1 cm³/mol. The Morgan fingerprint density at radius 3 is 2.12 bits per heavy atom. The molecule has 0 aromatic heterocycles. The summed E-state index contributed by atoms with van der Waals surface area (Å²) in [7, 11) is 2.95. The highest BCUT2D eigenvalue weighted by atomic mass is 17.2. The van der Waals surface area contributed by atoms with Gasteiger partial charge in [0.15, 0.2) is 11.5 Å². The van der Waals surface area contributed by atoms with Gasteiger partial charge in [-0.2, -0.15) is 0 Å². The Morgan fingerprint density at radius 1 is 1.18 bits per heavy atom. The van der Waals surface area contributed by atoms with Crippen molar-refractivity contribution in [1.82, 2.24) is 0 Å². The number of ether oxygens (including phenoxy) is 2. The maximum atomic E-state index is 11.2. The molecule has 0 atom stereocenters. The van der Waals surface area contributed by atoms with E-state index >= 15 is 0 Å². The third-order valence-electron chi connectivity index (χ3n) is 1.93. The second-order valence-corrected chi connectivity index (χ2v) is 3.23. The minimum atomic E-state index is -0.655. The van der Waals surface area contributed by atoms with Crippen molar-refractivity contribution in [3.63, 3.8) is 0 Å². The first kappa shape index (κ1) is 12.9. The van der Waals surface area contributed by atoms with Crippen molar-refractivity contribution in [2.24, 2.45) is 0 Å². The van der Waals surface area contributed by atoms with Crippen LogP contribution in [0.3, 0.4) is 0 Å². The summed E-state index contributed by atoms with van der Waals surface area (Å²) in [6.07, 6.45) is 0. The van der Waals surface area contributed by atoms with Crippen LogP contribution in [0.25, 0.3) is 0 Å². The maximum absolute atomic E-state index is 11.2. The summed E-state index contributed by atoms with van der Waals surface area (Å²) in [6.45, 7) is 4.95. The van der Waals surface area contributed by atoms with Gasteiger partial charge in [0.05, 0.1) is 14.2 Å². The van der Waals surface area contributed by atoms with Gasteiger partial charge >= 0.3 is 5.97 Å². The van der Waals surface area contributed by atoms with E-state index in [1.165, 1.54) is 21.1 Å². The van der Waals surface area contributed by atoms with E-state index in [1.807, 2.05) is 0 Å². The van der Waals surface area contributed by atoms with E-state index in [2.05, 4.69) is 11.5 Å². The molecule has 0 unspecified atom stereocenters. The Hall–Kier alpha value is -2.17. The molecule has 92 valence electrons. The number of carbonyl (C=O) groups excluding carboxylic acids is 1. The SMILES string of the molecule is C=C(C)C(=O)OOc1c(OC)cccc1OC. The molecule has 0 aliphatic rings. The van der Waals surface area contributed by atoms with Gasteiger partial charge in [-0.05, 0) is 19.1 Å². The Morgan fingerprint density at radius 2 is 1.71 bits per heavy atom. The number of hydrogen-bond donors (Lipinski definition) is 0. The third kappa shape index (κ3) is 3.14. The van der Waals surface area contributed by atoms with Crippen LogP contribution in [0.4, 0.5) is 0 Å². The van der Waals surface area contributed by atoms with E-state index in [0.29, 0.717) is 11.5 Å². The molecular weight excluding hydrogens is 224 g/mol. The molecule has 0 saturated carbocycles. The van der Waals surface area contributed by atoms with Crippen LogP contribution in [0.5, 0.6) is 17.2 Å². The molecule has 0 amide bonds. The number of rotatable bonds is 5. The summed E-state index contributed by atoms with van der Waals surface area (Å²) in [6, 6.07) is 5.05. The maximum Gasteiger partial charge on any atom is 0.381 e. The van der Waals surface area contributed by atoms with Crippen LogP contribution in [0.15, 0.2) is 30.4 Å². The first-order valence-corrected chi connectivity index (χ1v) is 4.85. The average Bonchev–Trinajstić information content (AvgIpc) is 2.34. The van der Waals surface area contributed by atoms with Gasteiger partial charge in [0.1, 0.15) is 0 Å². The Bertz CT molecular complexity index is 403. The molecule has 0 bridgehead atoms. The fraction of sp³-hybridized carbons (Fsp3) is 0.250. The smallest absolute Gasteiger partial charge is 0.381 e. The largest absolute Gasteiger partial charge is 0.493 e. The Balaban J connectivity index is 2.88. The molecule has 1 aromatic carbocycles. The standard InChI is InChI=1S/C12H14O5/c1-8(2)12(13)17-16-11-9(14-3)6-5-7-10(11)15-4/h5-7H,1H2,2-4H3. The van der Waals surface area contributed by atoms with Crippen molar-refractivity contribution in [1.29, 1.82) is 0 Å². The minimum Gasteiger partial charge on any atom is -0.493 e. The third-order valence-corrected chi connectivity index (χ3v) is 1.93. The molecule has 17 heavy (non-hydrogen) atoms. The summed E-state index contributed by atoms with van der Waals surface area (Å²) in [5, 5.41) is 0. The number of benzene rings is 1. The topological polar surface area (TPSA) is 54.0 Å². The second kappa shape index (κ2) is 5.79. The number of methoxy groups -OCH3 is 2.